The van der Waals surface area contributed by atoms with Crippen LogP contribution in [0, 0.1) is 0 Å². The van der Waals surface area contributed by atoms with E-state index in [1.165, 1.54) is 15.5 Å². The van der Waals surface area contributed by atoms with Crippen molar-refractivity contribution in [3.05, 3.63) is 114 Å². The molecule has 0 bridgehead atoms. The van der Waals surface area contributed by atoms with Gasteiger partial charge in [0.05, 0.1) is 0 Å². The SMILES string of the molecule is Clc1cc(-c2nc(-c3ccccc3)nc(-c3ccc4ccccc4c3)n2)c2sc3ccccc3c2c1. The molecule has 0 saturated heterocycles. The van der Waals surface area contributed by atoms with Crippen LogP contribution in [0.25, 0.3) is 65.1 Å². The van der Waals surface area contributed by atoms with Crippen molar-refractivity contribution in [1.82, 2.24) is 15.0 Å². The fourth-order valence-electron chi connectivity index (χ4n) is 4.63. The highest BCUT2D eigenvalue weighted by Crippen LogP contribution is 2.41. The van der Waals surface area contributed by atoms with Crippen molar-refractivity contribution in [1.29, 1.82) is 0 Å². The first-order valence-electron chi connectivity index (χ1n) is 11.6. The molecular weight excluding hydrogens is 482 g/mol. The summed E-state index contributed by atoms with van der Waals surface area (Å²) in [6, 6.07) is 37.1. The van der Waals surface area contributed by atoms with Crippen LogP contribution in [-0.2, 0) is 0 Å². The molecule has 0 aliphatic heterocycles. The number of benzene rings is 5. The summed E-state index contributed by atoms with van der Waals surface area (Å²) in [6.07, 6.45) is 0. The van der Waals surface area contributed by atoms with Gasteiger partial charge >= 0.3 is 0 Å². The van der Waals surface area contributed by atoms with E-state index in [-0.39, 0.29) is 0 Å². The molecule has 0 aliphatic carbocycles. The van der Waals surface area contributed by atoms with Gasteiger partial charge in [0, 0.05) is 41.9 Å². The maximum Gasteiger partial charge on any atom is 0.165 e. The van der Waals surface area contributed by atoms with Gasteiger partial charge in [0.15, 0.2) is 17.5 Å². The number of hydrogen-bond donors (Lipinski definition) is 0. The standard InChI is InChI=1S/C31H18ClN3S/c32-23-17-25-24-12-6-7-13-27(24)36-28(25)26(18-23)31-34-29(20-9-2-1-3-10-20)33-30(35-31)22-15-14-19-8-4-5-11-21(19)16-22/h1-18H. The van der Waals surface area contributed by atoms with Gasteiger partial charge in [-0.3, -0.25) is 0 Å². The Morgan fingerprint density at radius 2 is 1.22 bits per heavy atom. The molecule has 0 unspecified atom stereocenters. The van der Waals surface area contributed by atoms with Gasteiger partial charge in [-0.15, -0.1) is 11.3 Å². The predicted molar refractivity (Wildman–Crippen MR) is 152 cm³/mol. The van der Waals surface area contributed by atoms with Crippen LogP contribution < -0.4 is 0 Å². The first-order valence-corrected chi connectivity index (χ1v) is 12.8. The van der Waals surface area contributed by atoms with Gasteiger partial charge in [-0.2, -0.15) is 0 Å². The Morgan fingerprint density at radius 1 is 0.528 bits per heavy atom. The molecule has 0 fully saturated rings. The zero-order valence-corrected chi connectivity index (χ0v) is 20.6. The summed E-state index contributed by atoms with van der Waals surface area (Å²) < 4.78 is 2.33. The fraction of sp³-hybridized carbons (Fsp3) is 0. The van der Waals surface area contributed by atoms with Crippen LogP contribution in [0.1, 0.15) is 0 Å². The normalized spacial score (nSPS) is 11.5. The van der Waals surface area contributed by atoms with Crippen molar-refractivity contribution < 1.29 is 0 Å². The number of halogens is 1. The van der Waals surface area contributed by atoms with E-state index in [4.69, 9.17) is 26.6 Å². The Labute approximate surface area is 216 Å². The minimum atomic E-state index is 0.617. The molecule has 170 valence electrons. The smallest absolute Gasteiger partial charge is 0.165 e. The maximum atomic E-state index is 6.64. The number of aromatic nitrogens is 3. The molecular formula is C31H18ClN3S. The zero-order chi connectivity index (χ0) is 24.1. The lowest BCUT2D eigenvalue weighted by Gasteiger charge is -2.10. The molecule has 36 heavy (non-hydrogen) atoms. The molecule has 0 spiro atoms. The van der Waals surface area contributed by atoms with Crippen LogP contribution in [0.4, 0.5) is 0 Å². The van der Waals surface area contributed by atoms with Gasteiger partial charge in [0.2, 0.25) is 0 Å². The number of fused-ring (bicyclic) bond motifs is 4. The lowest BCUT2D eigenvalue weighted by Crippen LogP contribution is -2.00. The number of thiophene rings is 1. The van der Waals surface area contributed by atoms with Gasteiger partial charge < -0.3 is 0 Å². The third-order valence-electron chi connectivity index (χ3n) is 6.36. The van der Waals surface area contributed by atoms with Crippen LogP contribution >= 0.6 is 22.9 Å². The summed E-state index contributed by atoms with van der Waals surface area (Å²) in [4.78, 5) is 14.8. The number of rotatable bonds is 3. The number of nitrogens with zero attached hydrogens (tertiary/aromatic N) is 3. The van der Waals surface area contributed by atoms with Crippen molar-refractivity contribution in [3.63, 3.8) is 0 Å². The van der Waals surface area contributed by atoms with Gasteiger partial charge in [-0.05, 0) is 35.0 Å². The molecule has 5 heteroatoms. The van der Waals surface area contributed by atoms with E-state index in [1.54, 1.807) is 11.3 Å². The average Bonchev–Trinajstić information content (AvgIpc) is 3.31. The Balaban J connectivity index is 1.51. The molecule has 7 aromatic rings. The summed E-state index contributed by atoms with van der Waals surface area (Å²) in [5.74, 6) is 1.89. The molecule has 0 aliphatic rings. The molecule has 0 amide bonds. The van der Waals surface area contributed by atoms with Crippen LogP contribution in [0.2, 0.25) is 5.02 Å². The molecule has 0 atom stereocenters. The monoisotopic (exact) mass is 499 g/mol. The Bertz CT molecular complexity index is 1910. The van der Waals surface area contributed by atoms with Crippen LogP contribution in [0.3, 0.4) is 0 Å². The maximum absolute atomic E-state index is 6.64. The van der Waals surface area contributed by atoms with Crippen molar-refractivity contribution in [3.8, 4) is 34.2 Å². The summed E-state index contributed by atoms with van der Waals surface area (Å²) in [5, 5.41) is 5.30. The Kier molecular flexibility index (Phi) is 5.01. The number of hydrogen-bond acceptors (Lipinski definition) is 4. The lowest BCUT2D eigenvalue weighted by atomic mass is 10.1. The van der Waals surface area contributed by atoms with Crippen molar-refractivity contribution in [2.24, 2.45) is 0 Å². The van der Waals surface area contributed by atoms with E-state index >= 15 is 0 Å². The second kappa shape index (κ2) is 8.52. The molecule has 7 rings (SSSR count). The molecule has 0 radical (unpaired) electrons. The van der Waals surface area contributed by atoms with E-state index in [9.17, 15) is 0 Å². The zero-order valence-electron chi connectivity index (χ0n) is 19.0. The summed E-state index contributed by atoms with van der Waals surface area (Å²) >= 11 is 8.38. The van der Waals surface area contributed by atoms with Gasteiger partial charge in [0.25, 0.3) is 0 Å². The van der Waals surface area contributed by atoms with E-state index in [0.29, 0.717) is 22.5 Å². The third kappa shape index (κ3) is 3.63. The highest BCUT2D eigenvalue weighted by Gasteiger charge is 2.17. The fourth-order valence-corrected chi connectivity index (χ4v) is 6.04. The first-order chi connectivity index (χ1) is 17.7. The molecule has 5 aromatic carbocycles. The quantitative estimate of drug-likeness (QED) is 0.243. The molecule has 2 heterocycles. The first kappa shape index (κ1) is 21.2. The van der Waals surface area contributed by atoms with Crippen LogP contribution in [-0.4, -0.2) is 15.0 Å². The van der Waals surface area contributed by atoms with E-state index in [2.05, 4.69) is 54.6 Å². The molecule has 0 N–H and O–H groups in total. The van der Waals surface area contributed by atoms with Crippen molar-refractivity contribution in [2.75, 3.05) is 0 Å². The third-order valence-corrected chi connectivity index (χ3v) is 7.80. The summed E-state index contributed by atoms with van der Waals surface area (Å²) in [7, 11) is 0. The van der Waals surface area contributed by atoms with Crippen molar-refractivity contribution in [2.45, 2.75) is 0 Å². The van der Waals surface area contributed by atoms with Gasteiger partial charge in [0.1, 0.15) is 0 Å². The molecule has 3 nitrogen and oxygen atoms in total. The molecule has 2 aromatic heterocycles. The van der Waals surface area contributed by atoms with Crippen LogP contribution in [0.15, 0.2) is 109 Å². The van der Waals surface area contributed by atoms with E-state index < -0.39 is 0 Å². The highest BCUT2D eigenvalue weighted by atomic mass is 35.5. The minimum Gasteiger partial charge on any atom is -0.208 e. The van der Waals surface area contributed by atoms with Gasteiger partial charge in [-0.1, -0.05) is 96.5 Å². The topological polar surface area (TPSA) is 38.7 Å². The van der Waals surface area contributed by atoms with Crippen LogP contribution in [0.5, 0.6) is 0 Å². The van der Waals surface area contributed by atoms with Gasteiger partial charge in [-0.25, -0.2) is 15.0 Å². The molecule has 0 saturated carbocycles. The second-order valence-corrected chi connectivity index (χ2v) is 10.2. The predicted octanol–water partition coefficient (Wildman–Crippen LogP) is 9.05. The van der Waals surface area contributed by atoms with E-state index in [0.717, 1.165) is 32.2 Å². The lowest BCUT2D eigenvalue weighted by molar-refractivity contribution is 1.08. The van der Waals surface area contributed by atoms with Crippen molar-refractivity contribution >= 4 is 53.9 Å². The minimum absolute atomic E-state index is 0.617. The summed E-state index contributed by atoms with van der Waals surface area (Å²) in [5.41, 5.74) is 2.81. The highest BCUT2D eigenvalue weighted by molar-refractivity contribution is 7.26. The average molecular weight is 500 g/mol. The summed E-state index contributed by atoms with van der Waals surface area (Å²) in [6.45, 7) is 0. The largest absolute Gasteiger partial charge is 0.208 e. The Hall–Kier alpha value is -4.12. The van der Waals surface area contributed by atoms with E-state index in [1.807, 2.05) is 54.6 Å². The second-order valence-electron chi connectivity index (χ2n) is 8.66. The Morgan fingerprint density at radius 3 is 2.08 bits per heavy atom.